The summed E-state index contributed by atoms with van der Waals surface area (Å²) in [5, 5.41) is 7.10. The van der Waals surface area contributed by atoms with E-state index in [2.05, 4.69) is 15.5 Å². The van der Waals surface area contributed by atoms with E-state index in [1.807, 2.05) is 59.5 Å². The third-order valence-corrected chi connectivity index (χ3v) is 5.14. The Morgan fingerprint density at radius 2 is 2.00 bits per heavy atom. The lowest BCUT2D eigenvalue weighted by Gasteiger charge is -2.17. The van der Waals surface area contributed by atoms with Crippen molar-refractivity contribution in [3.63, 3.8) is 0 Å². The highest BCUT2D eigenvalue weighted by atomic mass is 16.5. The van der Waals surface area contributed by atoms with Crippen LogP contribution in [0, 0.1) is 5.92 Å². The number of nitrogens with one attached hydrogen (secondary N) is 1. The zero-order chi connectivity index (χ0) is 20.1. The Morgan fingerprint density at radius 1 is 1.21 bits per heavy atom. The van der Waals surface area contributed by atoms with Gasteiger partial charge in [-0.1, -0.05) is 35.5 Å². The average Bonchev–Trinajstić information content (AvgIpc) is 3.43. The lowest BCUT2D eigenvalue weighted by atomic mass is 10.1. The van der Waals surface area contributed by atoms with E-state index >= 15 is 0 Å². The second-order valence-electron chi connectivity index (χ2n) is 7.19. The van der Waals surface area contributed by atoms with Crippen molar-refractivity contribution in [3.8, 4) is 17.2 Å². The molecule has 0 aliphatic carbocycles. The number of aromatic nitrogens is 2. The highest BCUT2D eigenvalue weighted by Crippen LogP contribution is 2.23. The molecular formula is C22H24N4O3. The quantitative estimate of drug-likeness (QED) is 0.694. The Morgan fingerprint density at radius 3 is 2.76 bits per heavy atom. The topological polar surface area (TPSA) is 80.5 Å². The van der Waals surface area contributed by atoms with Gasteiger partial charge >= 0.3 is 6.03 Å². The van der Waals surface area contributed by atoms with E-state index in [1.165, 1.54) is 0 Å². The molecule has 1 atom stereocenters. The van der Waals surface area contributed by atoms with Gasteiger partial charge in [-0.15, -0.1) is 0 Å². The maximum Gasteiger partial charge on any atom is 0.317 e. The number of nitrogens with zero attached hydrogens (tertiary/aromatic N) is 3. The SMILES string of the molecule is COc1ccc(-c2nc(CC3CCN(C(=O)NCc4ccccc4)C3)no2)cc1. The van der Waals surface area contributed by atoms with Crippen LogP contribution in [0.25, 0.3) is 11.5 Å². The molecule has 1 unspecified atom stereocenters. The first-order valence-electron chi connectivity index (χ1n) is 9.75. The zero-order valence-electron chi connectivity index (χ0n) is 16.4. The molecule has 1 fully saturated rings. The predicted octanol–water partition coefficient (Wildman–Crippen LogP) is 3.52. The molecule has 2 aromatic carbocycles. The highest BCUT2D eigenvalue weighted by molar-refractivity contribution is 5.74. The smallest absolute Gasteiger partial charge is 0.317 e. The van der Waals surface area contributed by atoms with Gasteiger partial charge in [0.15, 0.2) is 5.82 Å². The van der Waals surface area contributed by atoms with Crippen molar-refractivity contribution in [2.45, 2.75) is 19.4 Å². The largest absolute Gasteiger partial charge is 0.497 e. The third kappa shape index (κ3) is 4.74. The summed E-state index contributed by atoms with van der Waals surface area (Å²) in [6.07, 6.45) is 1.63. The van der Waals surface area contributed by atoms with Crippen molar-refractivity contribution in [1.82, 2.24) is 20.4 Å². The van der Waals surface area contributed by atoms with Crippen molar-refractivity contribution >= 4 is 6.03 Å². The minimum Gasteiger partial charge on any atom is -0.497 e. The van der Waals surface area contributed by atoms with Crippen molar-refractivity contribution in [3.05, 3.63) is 66.0 Å². The van der Waals surface area contributed by atoms with Crippen LogP contribution in [0.2, 0.25) is 0 Å². The Balaban J connectivity index is 1.28. The number of benzene rings is 2. The number of hydrogen-bond donors (Lipinski definition) is 1. The molecule has 1 aromatic heterocycles. The van der Waals surface area contributed by atoms with Crippen LogP contribution < -0.4 is 10.1 Å². The van der Waals surface area contributed by atoms with E-state index in [9.17, 15) is 4.79 Å². The van der Waals surface area contributed by atoms with E-state index in [-0.39, 0.29) is 6.03 Å². The fraction of sp³-hybridized carbons (Fsp3) is 0.318. The van der Waals surface area contributed by atoms with Crippen molar-refractivity contribution in [1.29, 1.82) is 0 Å². The van der Waals surface area contributed by atoms with E-state index in [0.29, 0.717) is 37.1 Å². The second-order valence-corrected chi connectivity index (χ2v) is 7.19. The number of amides is 2. The summed E-state index contributed by atoms with van der Waals surface area (Å²) >= 11 is 0. The molecular weight excluding hydrogens is 368 g/mol. The molecule has 0 radical (unpaired) electrons. The van der Waals surface area contributed by atoms with E-state index in [1.54, 1.807) is 7.11 Å². The first-order valence-corrected chi connectivity index (χ1v) is 9.75. The van der Waals surface area contributed by atoms with Gasteiger partial charge in [-0.2, -0.15) is 4.98 Å². The van der Waals surface area contributed by atoms with Gasteiger partial charge in [0, 0.05) is 31.6 Å². The molecule has 7 nitrogen and oxygen atoms in total. The molecule has 7 heteroatoms. The molecule has 2 heterocycles. The summed E-state index contributed by atoms with van der Waals surface area (Å²) in [4.78, 5) is 18.8. The number of hydrogen-bond acceptors (Lipinski definition) is 5. The van der Waals surface area contributed by atoms with Gasteiger partial charge < -0.3 is 19.5 Å². The van der Waals surface area contributed by atoms with Crippen LogP contribution in [-0.2, 0) is 13.0 Å². The number of methoxy groups -OCH3 is 1. The van der Waals surface area contributed by atoms with Crippen molar-refractivity contribution in [2.75, 3.05) is 20.2 Å². The molecule has 29 heavy (non-hydrogen) atoms. The van der Waals surface area contributed by atoms with Gasteiger partial charge in [0.2, 0.25) is 0 Å². The number of carbonyl (C=O) groups excluding carboxylic acids is 1. The molecule has 3 aromatic rings. The lowest BCUT2D eigenvalue weighted by molar-refractivity contribution is 0.206. The third-order valence-electron chi connectivity index (χ3n) is 5.14. The molecule has 0 saturated carbocycles. The van der Waals surface area contributed by atoms with Gasteiger partial charge in [0.25, 0.3) is 5.89 Å². The van der Waals surface area contributed by atoms with Crippen molar-refractivity contribution in [2.24, 2.45) is 5.92 Å². The van der Waals surface area contributed by atoms with E-state index in [4.69, 9.17) is 9.26 Å². The average molecular weight is 392 g/mol. The fourth-order valence-corrected chi connectivity index (χ4v) is 3.51. The fourth-order valence-electron chi connectivity index (χ4n) is 3.51. The molecule has 0 spiro atoms. The van der Waals surface area contributed by atoms with Gasteiger partial charge in [0.05, 0.1) is 7.11 Å². The van der Waals surface area contributed by atoms with Crippen LogP contribution in [0.4, 0.5) is 4.79 Å². The number of likely N-dealkylation sites (tertiary alicyclic amines) is 1. The maximum absolute atomic E-state index is 12.4. The molecule has 0 bridgehead atoms. The highest BCUT2D eigenvalue weighted by Gasteiger charge is 2.27. The Labute approximate surface area is 169 Å². The molecule has 1 saturated heterocycles. The van der Waals surface area contributed by atoms with Gasteiger partial charge in [-0.25, -0.2) is 4.79 Å². The number of carbonyl (C=O) groups is 1. The summed E-state index contributed by atoms with van der Waals surface area (Å²) in [6, 6.07) is 17.4. The normalized spacial score (nSPS) is 16.0. The number of urea groups is 1. The number of rotatable bonds is 6. The Kier molecular flexibility index (Phi) is 5.74. The second kappa shape index (κ2) is 8.77. The van der Waals surface area contributed by atoms with Crippen LogP contribution >= 0.6 is 0 Å². The van der Waals surface area contributed by atoms with Gasteiger partial charge in [-0.05, 0) is 42.2 Å². The van der Waals surface area contributed by atoms with Crippen molar-refractivity contribution < 1.29 is 14.1 Å². The van der Waals surface area contributed by atoms with E-state index < -0.39 is 0 Å². The monoisotopic (exact) mass is 392 g/mol. The Hall–Kier alpha value is -3.35. The van der Waals surface area contributed by atoms with Crippen LogP contribution in [-0.4, -0.2) is 41.3 Å². The first-order chi connectivity index (χ1) is 14.2. The van der Waals surface area contributed by atoms with Crippen LogP contribution in [0.5, 0.6) is 5.75 Å². The summed E-state index contributed by atoms with van der Waals surface area (Å²) in [6.45, 7) is 1.98. The maximum atomic E-state index is 12.4. The number of ether oxygens (including phenoxy) is 1. The zero-order valence-corrected chi connectivity index (χ0v) is 16.4. The van der Waals surface area contributed by atoms with Crippen LogP contribution in [0.3, 0.4) is 0 Å². The minimum absolute atomic E-state index is 0.0246. The Bertz CT molecular complexity index is 940. The molecule has 2 amide bonds. The van der Waals surface area contributed by atoms with E-state index in [0.717, 1.165) is 29.8 Å². The minimum atomic E-state index is -0.0246. The molecule has 150 valence electrons. The molecule has 1 N–H and O–H groups in total. The summed E-state index contributed by atoms with van der Waals surface area (Å²) in [5.74, 6) is 2.29. The molecule has 4 rings (SSSR count). The van der Waals surface area contributed by atoms with Crippen LogP contribution in [0.15, 0.2) is 59.1 Å². The molecule has 1 aliphatic heterocycles. The summed E-state index contributed by atoms with van der Waals surface area (Å²) < 4.78 is 10.6. The summed E-state index contributed by atoms with van der Waals surface area (Å²) in [7, 11) is 1.63. The first kappa shape index (κ1) is 19.0. The standard InChI is InChI=1S/C22H24N4O3/c1-28-19-9-7-18(8-10-19)21-24-20(25-29-21)13-17-11-12-26(15-17)22(27)23-14-16-5-3-2-4-6-16/h2-10,17H,11-15H2,1H3,(H,23,27). The van der Waals surface area contributed by atoms with Crippen LogP contribution in [0.1, 0.15) is 17.8 Å². The lowest BCUT2D eigenvalue weighted by Crippen LogP contribution is -2.38. The van der Waals surface area contributed by atoms with Gasteiger partial charge in [0.1, 0.15) is 5.75 Å². The van der Waals surface area contributed by atoms with Gasteiger partial charge in [-0.3, -0.25) is 0 Å². The predicted molar refractivity (Wildman–Crippen MR) is 108 cm³/mol. The summed E-state index contributed by atoms with van der Waals surface area (Å²) in [5.41, 5.74) is 1.95. The molecule has 1 aliphatic rings.